The average molecular weight is 436 g/mol. The number of nitrogens with zero attached hydrogens (tertiary/aromatic N) is 1. The summed E-state index contributed by atoms with van der Waals surface area (Å²) in [7, 11) is -3.76. The van der Waals surface area contributed by atoms with E-state index < -0.39 is 10.0 Å². The van der Waals surface area contributed by atoms with Gasteiger partial charge in [-0.1, -0.05) is 52.8 Å². The topological polar surface area (TPSA) is 88.2 Å². The van der Waals surface area contributed by atoms with Crippen molar-refractivity contribution in [1.82, 2.24) is 10.3 Å². The van der Waals surface area contributed by atoms with E-state index in [1.165, 1.54) is 12.1 Å². The summed E-state index contributed by atoms with van der Waals surface area (Å²) in [4.78, 5) is 17.1. The van der Waals surface area contributed by atoms with Crippen LogP contribution in [0.15, 0.2) is 53.4 Å². The Morgan fingerprint density at radius 2 is 1.71 bits per heavy atom. The zero-order valence-corrected chi connectivity index (χ0v) is 17.6. The van der Waals surface area contributed by atoms with Crippen LogP contribution in [0.2, 0.25) is 5.02 Å². The number of aryl methyl sites for hydroxylation is 2. The molecule has 0 aliphatic heterocycles. The first kappa shape index (κ1) is 20.3. The third-order valence-corrected chi connectivity index (χ3v) is 6.73. The lowest BCUT2D eigenvalue weighted by Gasteiger charge is -2.05. The van der Waals surface area contributed by atoms with Crippen LogP contribution in [0.1, 0.15) is 26.5 Å². The van der Waals surface area contributed by atoms with Gasteiger partial charge in [0.2, 0.25) is 0 Å². The summed E-state index contributed by atoms with van der Waals surface area (Å²) in [6, 6.07) is 13.6. The van der Waals surface area contributed by atoms with E-state index in [-0.39, 0.29) is 15.9 Å². The summed E-state index contributed by atoms with van der Waals surface area (Å²) >= 11 is 6.84. The third kappa shape index (κ3) is 4.89. The Labute approximate surface area is 172 Å². The molecule has 0 unspecified atom stereocenters. The maximum Gasteiger partial charge on any atom is 0.263 e. The molecule has 0 aliphatic rings. The monoisotopic (exact) mass is 435 g/mol. The van der Waals surface area contributed by atoms with Crippen LogP contribution in [0, 0.1) is 13.8 Å². The fraction of sp³-hybridized carbons (Fsp3) is 0.158. The number of anilines is 1. The molecule has 2 N–H and O–H groups in total. The minimum atomic E-state index is -3.76. The summed E-state index contributed by atoms with van der Waals surface area (Å²) in [6.07, 6.45) is 0. The first-order valence-electron chi connectivity index (χ1n) is 8.34. The van der Waals surface area contributed by atoms with Gasteiger partial charge in [0, 0.05) is 11.6 Å². The third-order valence-electron chi connectivity index (χ3n) is 3.92. The van der Waals surface area contributed by atoms with Crippen molar-refractivity contribution < 1.29 is 13.2 Å². The number of hydrogen-bond donors (Lipinski definition) is 2. The molecule has 0 saturated heterocycles. The molecule has 0 aliphatic carbocycles. The number of rotatable bonds is 6. The first-order valence-corrected chi connectivity index (χ1v) is 11.0. The fourth-order valence-electron chi connectivity index (χ4n) is 2.41. The van der Waals surface area contributed by atoms with Crippen molar-refractivity contribution in [2.45, 2.75) is 25.3 Å². The number of aromatic nitrogens is 1. The second-order valence-electron chi connectivity index (χ2n) is 6.16. The highest BCUT2D eigenvalue weighted by Gasteiger charge is 2.20. The molecule has 28 heavy (non-hydrogen) atoms. The van der Waals surface area contributed by atoms with E-state index in [1.54, 1.807) is 31.2 Å². The van der Waals surface area contributed by atoms with E-state index in [9.17, 15) is 13.2 Å². The summed E-state index contributed by atoms with van der Waals surface area (Å²) in [5, 5.41) is 3.57. The van der Waals surface area contributed by atoms with Crippen LogP contribution in [0.4, 0.5) is 5.13 Å². The molecule has 0 spiro atoms. The van der Waals surface area contributed by atoms with Crippen LogP contribution in [0.5, 0.6) is 0 Å². The fourth-order valence-corrected chi connectivity index (χ4v) is 4.65. The van der Waals surface area contributed by atoms with Crippen LogP contribution in [-0.4, -0.2) is 19.3 Å². The van der Waals surface area contributed by atoms with Gasteiger partial charge < -0.3 is 5.32 Å². The van der Waals surface area contributed by atoms with Gasteiger partial charge in [0.05, 0.1) is 10.6 Å². The summed E-state index contributed by atoms with van der Waals surface area (Å²) in [6.45, 7) is 3.87. The molecule has 6 nitrogen and oxygen atoms in total. The van der Waals surface area contributed by atoms with Crippen molar-refractivity contribution in [1.29, 1.82) is 0 Å². The quantitative estimate of drug-likeness (QED) is 0.608. The molecule has 9 heteroatoms. The molecule has 1 aromatic heterocycles. The smallest absolute Gasteiger partial charge is 0.263 e. The molecular weight excluding hydrogens is 418 g/mol. The maximum absolute atomic E-state index is 12.5. The van der Waals surface area contributed by atoms with Crippen molar-refractivity contribution in [3.63, 3.8) is 0 Å². The molecule has 1 amide bonds. The largest absolute Gasteiger partial charge is 0.347 e. The molecule has 0 fully saturated rings. The van der Waals surface area contributed by atoms with Gasteiger partial charge in [0.25, 0.3) is 15.9 Å². The van der Waals surface area contributed by atoms with Crippen molar-refractivity contribution in [3.05, 3.63) is 75.3 Å². The molecule has 1 heterocycles. The normalized spacial score (nSPS) is 11.2. The zero-order valence-electron chi connectivity index (χ0n) is 15.2. The lowest BCUT2D eigenvalue weighted by atomic mass is 10.2. The van der Waals surface area contributed by atoms with Gasteiger partial charge in [0.1, 0.15) is 4.88 Å². The number of sulfonamides is 1. The summed E-state index contributed by atoms with van der Waals surface area (Å²) < 4.78 is 27.4. The van der Waals surface area contributed by atoms with Crippen molar-refractivity contribution in [2.24, 2.45) is 0 Å². The second-order valence-corrected chi connectivity index (χ2v) is 9.28. The van der Waals surface area contributed by atoms with Gasteiger partial charge in [0.15, 0.2) is 5.13 Å². The van der Waals surface area contributed by atoms with E-state index >= 15 is 0 Å². The SMILES string of the molecule is Cc1ccc(S(=O)(=O)Nc2nc(C)c(C(=O)NCc3ccc(Cl)cc3)s2)cc1. The highest BCUT2D eigenvalue weighted by atomic mass is 35.5. The van der Waals surface area contributed by atoms with Gasteiger partial charge in [-0.2, -0.15) is 0 Å². The molecule has 146 valence electrons. The van der Waals surface area contributed by atoms with Crippen LogP contribution in [0.25, 0.3) is 0 Å². The highest BCUT2D eigenvalue weighted by Crippen LogP contribution is 2.25. The van der Waals surface area contributed by atoms with E-state index in [0.717, 1.165) is 22.5 Å². The Kier molecular flexibility index (Phi) is 6.02. The number of carbonyl (C=O) groups is 1. The molecular formula is C19H18ClN3O3S2. The standard InChI is InChI=1S/C19H18ClN3O3S2/c1-12-3-9-16(10-4-12)28(25,26)23-19-22-13(2)17(27-19)18(24)21-11-14-5-7-15(20)8-6-14/h3-10H,11H2,1-2H3,(H,21,24)(H,22,23). The Hall–Kier alpha value is -2.42. The second kappa shape index (κ2) is 8.30. The number of thiazole rings is 1. The maximum atomic E-state index is 12.5. The molecule has 0 atom stereocenters. The average Bonchev–Trinajstić information content (AvgIpc) is 3.01. The summed E-state index contributed by atoms with van der Waals surface area (Å²) in [5.41, 5.74) is 2.32. The Bertz CT molecular complexity index is 1090. The molecule has 2 aromatic carbocycles. The van der Waals surface area contributed by atoms with Gasteiger partial charge in [-0.3, -0.25) is 9.52 Å². The number of nitrogens with one attached hydrogen (secondary N) is 2. The number of benzene rings is 2. The summed E-state index contributed by atoms with van der Waals surface area (Å²) in [5.74, 6) is -0.314. The predicted molar refractivity (Wildman–Crippen MR) is 111 cm³/mol. The van der Waals surface area contributed by atoms with Crippen molar-refractivity contribution in [3.8, 4) is 0 Å². The number of carbonyl (C=O) groups excluding carboxylic acids is 1. The first-order chi connectivity index (χ1) is 13.2. The number of halogens is 1. The number of hydrogen-bond acceptors (Lipinski definition) is 5. The molecule has 0 radical (unpaired) electrons. The van der Waals surface area contributed by atoms with E-state index in [4.69, 9.17) is 11.6 Å². The molecule has 3 aromatic rings. The zero-order chi connectivity index (χ0) is 20.3. The van der Waals surface area contributed by atoms with E-state index in [2.05, 4.69) is 15.0 Å². The lowest BCUT2D eigenvalue weighted by Crippen LogP contribution is -2.22. The Morgan fingerprint density at radius 3 is 2.36 bits per heavy atom. The Balaban J connectivity index is 1.70. The predicted octanol–water partition coefficient (Wildman–Crippen LogP) is 4.14. The van der Waals surface area contributed by atoms with Crippen LogP contribution in [0.3, 0.4) is 0 Å². The van der Waals surface area contributed by atoms with Crippen LogP contribution >= 0.6 is 22.9 Å². The van der Waals surface area contributed by atoms with Gasteiger partial charge in [-0.15, -0.1) is 0 Å². The van der Waals surface area contributed by atoms with Gasteiger partial charge >= 0.3 is 0 Å². The minimum absolute atomic E-state index is 0.139. The number of amides is 1. The molecule has 0 saturated carbocycles. The van der Waals surface area contributed by atoms with Crippen molar-refractivity contribution >= 4 is 44.0 Å². The van der Waals surface area contributed by atoms with Crippen LogP contribution < -0.4 is 10.0 Å². The minimum Gasteiger partial charge on any atom is -0.347 e. The Morgan fingerprint density at radius 1 is 1.07 bits per heavy atom. The lowest BCUT2D eigenvalue weighted by molar-refractivity contribution is 0.0954. The van der Waals surface area contributed by atoms with Crippen molar-refractivity contribution in [2.75, 3.05) is 4.72 Å². The van der Waals surface area contributed by atoms with Gasteiger partial charge in [-0.25, -0.2) is 13.4 Å². The molecule has 0 bridgehead atoms. The van der Waals surface area contributed by atoms with E-state index in [1.807, 2.05) is 19.1 Å². The van der Waals surface area contributed by atoms with E-state index in [0.29, 0.717) is 22.1 Å². The molecule has 3 rings (SSSR count). The highest BCUT2D eigenvalue weighted by molar-refractivity contribution is 7.93. The van der Waals surface area contributed by atoms with Crippen LogP contribution in [-0.2, 0) is 16.6 Å². The van der Waals surface area contributed by atoms with Gasteiger partial charge in [-0.05, 0) is 43.7 Å².